The van der Waals surface area contributed by atoms with Crippen LogP contribution in [0.2, 0.25) is 0 Å². The zero-order chi connectivity index (χ0) is 17.1. The highest BCUT2D eigenvalue weighted by molar-refractivity contribution is 5.85. The van der Waals surface area contributed by atoms with Crippen molar-refractivity contribution in [2.24, 2.45) is 7.05 Å². The lowest BCUT2D eigenvalue weighted by Gasteiger charge is -2.13. The van der Waals surface area contributed by atoms with E-state index in [9.17, 15) is 0 Å². The van der Waals surface area contributed by atoms with Crippen LogP contribution in [0.4, 0.5) is 0 Å². The number of fused-ring (bicyclic) bond motifs is 2. The van der Waals surface area contributed by atoms with Crippen LogP contribution in [0.5, 0.6) is 0 Å². The fourth-order valence-corrected chi connectivity index (χ4v) is 3.09. The number of benzene rings is 1. The van der Waals surface area contributed by atoms with Crippen molar-refractivity contribution in [3.8, 4) is 11.3 Å². The van der Waals surface area contributed by atoms with E-state index >= 15 is 0 Å². The highest BCUT2D eigenvalue weighted by Gasteiger charge is 2.20. The molecule has 0 N–H and O–H groups in total. The lowest BCUT2D eigenvalue weighted by molar-refractivity contribution is 0.563. The summed E-state index contributed by atoms with van der Waals surface area (Å²) >= 11 is 0. The summed E-state index contributed by atoms with van der Waals surface area (Å²) in [6, 6.07) is 12.9. The lowest BCUT2D eigenvalue weighted by atomic mass is 9.93. The van der Waals surface area contributed by atoms with Crippen molar-refractivity contribution in [2.45, 2.75) is 33.1 Å². The quantitative estimate of drug-likeness (QED) is 0.518. The molecule has 0 atom stereocenters. The van der Waals surface area contributed by atoms with Gasteiger partial charge in [-0.1, -0.05) is 32.9 Å². The van der Waals surface area contributed by atoms with E-state index in [4.69, 9.17) is 5.10 Å². The molecule has 0 bridgehead atoms. The highest BCUT2D eigenvalue weighted by Crippen LogP contribution is 2.28. The number of aryl methyl sites for hydroxylation is 2. The van der Waals surface area contributed by atoms with E-state index in [1.165, 1.54) is 10.9 Å². The number of nitrogens with zero attached hydrogens (tertiary/aromatic N) is 4. The van der Waals surface area contributed by atoms with Crippen molar-refractivity contribution in [2.75, 3.05) is 0 Å². The van der Waals surface area contributed by atoms with E-state index in [1.807, 2.05) is 11.4 Å². The Bertz CT molecular complexity index is 1060. The number of rotatable bonds is 1. The number of hydrogen-bond donors (Lipinski definition) is 0. The fraction of sp³-hybridized carbons (Fsp3) is 0.300. The molecule has 4 rings (SSSR count). The van der Waals surface area contributed by atoms with Gasteiger partial charge in [-0.15, -0.1) is 0 Å². The van der Waals surface area contributed by atoms with Crippen LogP contribution in [0.15, 0.2) is 42.6 Å². The molecule has 4 heteroatoms. The molecule has 0 aliphatic rings. The molecular formula is C20H22N4. The molecule has 0 saturated carbocycles. The zero-order valence-electron chi connectivity index (χ0n) is 14.8. The molecule has 4 nitrogen and oxygen atoms in total. The summed E-state index contributed by atoms with van der Waals surface area (Å²) in [7, 11) is 2.07. The Labute approximate surface area is 141 Å². The van der Waals surface area contributed by atoms with Crippen molar-refractivity contribution < 1.29 is 0 Å². The summed E-state index contributed by atoms with van der Waals surface area (Å²) in [6.45, 7) is 8.57. The largest absolute Gasteiger partial charge is 0.351 e. The van der Waals surface area contributed by atoms with Crippen molar-refractivity contribution >= 4 is 16.6 Å². The Balaban J connectivity index is 2.00. The molecule has 122 valence electrons. The highest BCUT2D eigenvalue weighted by atomic mass is 15.3. The molecule has 0 aliphatic carbocycles. The average Bonchev–Trinajstić information content (AvgIpc) is 3.10. The first-order chi connectivity index (χ1) is 11.3. The summed E-state index contributed by atoms with van der Waals surface area (Å²) in [5.41, 5.74) is 6.42. The van der Waals surface area contributed by atoms with E-state index < -0.39 is 0 Å². The normalized spacial score (nSPS) is 12.4. The molecule has 0 unspecified atom stereocenters. The first kappa shape index (κ1) is 14.9. The maximum atomic E-state index is 4.84. The number of hydrogen-bond acceptors (Lipinski definition) is 2. The molecule has 0 fully saturated rings. The van der Waals surface area contributed by atoms with Gasteiger partial charge in [0.25, 0.3) is 0 Å². The van der Waals surface area contributed by atoms with Crippen LogP contribution in [0.25, 0.3) is 27.8 Å². The minimum absolute atomic E-state index is 0.000940. The van der Waals surface area contributed by atoms with Crippen LogP contribution >= 0.6 is 0 Å². The van der Waals surface area contributed by atoms with Gasteiger partial charge in [-0.3, -0.25) is 0 Å². The molecule has 3 heterocycles. The predicted octanol–water partition coefficient (Wildman–Crippen LogP) is 4.49. The van der Waals surface area contributed by atoms with Crippen LogP contribution in [-0.2, 0) is 12.5 Å². The molecule has 4 aromatic rings. The Hall–Kier alpha value is -2.62. The number of aromatic nitrogens is 4. The Morgan fingerprint density at radius 3 is 2.54 bits per heavy atom. The topological polar surface area (TPSA) is 35.1 Å². The molecule has 0 aliphatic heterocycles. The Morgan fingerprint density at radius 2 is 1.79 bits per heavy atom. The molecule has 0 saturated heterocycles. The zero-order valence-corrected chi connectivity index (χ0v) is 14.8. The molecule has 0 radical (unpaired) electrons. The van der Waals surface area contributed by atoms with E-state index in [0.717, 1.165) is 28.3 Å². The van der Waals surface area contributed by atoms with Crippen LogP contribution < -0.4 is 0 Å². The van der Waals surface area contributed by atoms with E-state index in [1.54, 1.807) is 0 Å². The van der Waals surface area contributed by atoms with E-state index in [-0.39, 0.29) is 5.41 Å². The van der Waals surface area contributed by atoms with Gasteiger partial charge in [0.15, 0.2) is 5.65 Å². The predicted molar refractivity (Wildman–Crippen MR) is 98.3 cm³/mol. The summed E-state index contributed by atoms with van der Waals surface area (Å²) in [6.07, 6.45) is 2.09. The van der Waals surface area contributed by atoms with Crippen molar-refractivity contribution in [3.63, 3.8) is 0 Å². The lowest BCUT2D eigenvalue weighted by Crippen LogP contribution is -2.12. The molecule has 3 aromatic heterocycles. The maximum Gasteiger partial charge on any atom is 0.156 e. The monoisotopic (exact) mass is 318 g/mol. The van der Waals surface area contributed by atoms with E-state index in [0.29, 0.717) is 0 Å². The smallest absolute Gasteiger partial charge is 0.156 e. The molecular weight excluding hydrogens is 296 g/mol. The van der Waals surface area contributed by atoms with Crippen molar-refractivity contribution in [3.05, 3.63) is 54.0 Å². The van der Waals surface area contributed by atoms with Gasteiger partial charge >= 0.3 is 0 Å². The van der Waals surface area contributed by atoms with Gasteiger partial charge in [0, 0.05) is 41.5 Å². The molecule has 0 spiro atoms. The minimum atomic E-state index is 0.000940. The first-order valence-electron chi connectivity index (χ1n) is 8.26. The van der Waals surface area contributed by atoms with Gasteiger partial charge in [0.1, 0.15) is 0 Å². The fourth-order valence-electron chi connectivity index (χ4n) is 3.09. The van der Waals surface area contributed by atoms with Gasteiger partial charge in [0.05, 0.1) is 11.4 Å². The van der Waals surface area contributed by atoms with Crippen LogP contribution in [0, 0.1) is 6.92 Å². The Morgan fingerprint density at radius 1 is 1.00 bits per heavy atom. The van der Waals surface area contributed by atoms with Crippen molar-refractivity contribution in [1.82, 2.24) is 19.2 Å². The standard InChI is InChI=1S/C20H22N4/c1-13-10-17(15-7-6-14-8-9-23(5)16(14)11-15)24-19(21-13)12-18(22-24)20(2,3)4/h6-12H,1-5H3. The second kappa shape index (κ2) is 4.94. The van der Waals surface area contributed by atoms with Gasteiger partial charge in [-0.25, -0.2) is 9.50 Å². The summed E-state index contributed by atoms with van der Waals surface area (Å²) < 4.78 is 4.12. The SMILES string of the molecule is Cc1cc(-c2ccc3ccn(C)c3c2)n2nc(C(C)(C)C)cc2n1. The van der Waals surface area contributed by atoms with Gasteiger partial charge in [-0.2, -0.15) is 5.10 Å². The summed E-state index contributed by atoms with van der Waals surface area (Å²) in [5, 5.41) is 6.09. The Kier molecular flexibility index (Phi) is 3.07. The molecule has 24 heavy (non-hydrogen) atoms. The minimum Gasteiger partial charge on any atom is -0.351 e. The summed E-state index contributed by atoms with van der Waals surface area (Å²) in [4.78, 5) is 4.66. The van der Waals surface area contributed by atoms with Crippen molar-refractivity contribution in [1.29, 1.82) is 0 Å². The van der Waals surface area contributed by atoms with E-state index in [2.05, 4.69) is 80.0 Å². The summed E-state index contributed by atoms with van der Waals surface area (Å²) in [5.74, 6) is 0. The van der Waals surface area contributed by atoms with Crippen LogP contribution in [0.1, 0.15) is 32.2 Å². The van der Waals surface area contributed by atoms with Gasteiger partial charge in [-0.05, 0) is 30.5 Å². The van der Waals surface area contributed by atoms with Gasteiger partial charge in [0.2, 0.25) is 0 Å². The second-order valence-corrected chi connectivity index (χ2v) is 7.53. The third-order valence-electron chi connectivity index (χ3n) is 4.51. The second-order valence-electron chi connectivity index (χ2n) is 7.53. The average molecular weight is 318 g/mol. The third-order valence-corrected chi connectivity index (χ3v) is 4.51. The third kappa shape index (κ3) is 2.30. The molecule has 0 amide bonds. The van der Waals surface area contributed by atoms with Crippen LogP contribution in [0.3, 0.4) is 0 Å². The molecule has 1 aromatic carbocycles. The van der Waals surface area contributed by atoms with Crippen LogP contribution in [-0.4, -0.2) is 19.2 Å². The maximum absolute atomic E-state index is 4.84. The first-order valence-corrected chi connectivity index (χ1v) is 8.26. The van der Waals surface area contributed by atoms with Gasteiger partial charge < -0.3 is 4.57 Å².